The van der Waals surface area contributed by atoms with Crippen molar-refractivity contribution in [3.05, 3.63) is 128 Å². The minimum absolute atomic E-state index is 0.554. The van der Waals surface area contributed by atoms with Crippen LogP contribution < -0.4 is 9.79 Å². The Hall–Kier alpha value is -3.00. The van der Waals surface area contributed by atoms with Gasteiger partial charge in [-0.25, -0.2) is 4.31 Å². The molecular weight excluding hydrogens is 1140 g/mol. The lowest BCUT2D eigenvalue weighted by atomic mass is 9.97. The summed E-state index contributed by atoms with van der Waals surface area (Å²) in [5.41, 5.74) is 15.1. The molecule has 0 radical (unpaired) electrons. The van der Waals surface area contributed by atoms with Gasteiger partial charge in [0.2, 0.25) is 0 Å². The third-order valence-corrected chi connectivity index (χ3v) is 18.0. The van der Waals surface area contributed by atoms with Gasteiger partial charge in [0, 0.05) is 0 Å². The third-order valence-electron chi connectivity index (χ3n) is 15.4. The molecule has 2 aliphatic rings. The second-order valence-corrected chi connectivity index (χ2v) is 27.0. The van der Waals surface area contributed by atoms with Gasteiger partial charge in [-0.3, -0.25) is 13.7 Å². The molecule has 86 heavy (non-hydrogen) atoms. The van der Waals surface area contributed by atoms with Gasteiger partial charge < -0.3 is 64.3 Å². The Morgan fingerprint density at radius 2 is 0.674 bits per heavy atom. The Balaban J connectivity index is 1.63. The predicted octanol–water partition coefficient (Wildman–Crippen LogP) is 12.8. The minimum atomic E-state index is -5.88. The van der Waals surface area contributed by atoms with Crippen LogP contribution >= 0.6 is 15.6 Å². The van der Waals surface area contributed by atoms with Crippen molar-refractivity contribution >= 4 is 15.6 Å². The van der Waals surface area contributed by atoms with Crippen LogP contribution in [0.2, 0.25) is 0 Å². The van der Waals surface area contributed by atoms with E-state index in [0.717, 1.165) is 121 Å². The molecule has 0 spiro atoms. The van der Waals surface area contributed by atoms with Crippen LogP contribution in [0.15, 0.2) is 128 Å². The first-order chi connectivity index (χ1) is 40.6. The fourth-order valence-electron chi connectivity index (χ4n) is 9.73. The summed E-state index contributed by atoms with van der Waals surface area (Å²) >= 11 is 0. The molecule has 0 amide bonds. The van der Waals surface area contributed by atoms with E-state index in [-0.39, 0.29) is 0 Å². The van der Waals surface area contributed by atoms with Crippen LogP contribution in [0.25, 0.3) is 0 Å². The first-order valence-corrected chi connectivity index (χ1v) is 33.9. The molecular formula is C67H110O17P2-2. The maximum absolute atomic E-state index is 12.6. The maximum Gasteiger partial charge on any atom is 0.276 e. The fourth-order valence-corrected chi connectivity index (χ4v) is 11.7. The number of allylic oxidation sites excluding steroid dienone is 21. The van der Waals surface area contributed by atoms with Gasteiger partial charge in [0.25, 0.3) is 15.6 Å². The average Bonchev–Trinajstić information content (AvgIpc) is 3.12. The lowest BCUT2D eigenvalue weighted by Crippen LogP contribution is -2.64. The summed E-state index contributed by atoms with van der Waals surface area (Å²) in [4.78, 5) is 25.1. The van der Waals surface area contributed by atoms with E-state index in [1.54, 1.807) is 6.92 Å². The highest BCUT2D eigenvalue weighted by Crippen LogP contribution is 2.57. The van der Waals surface area contributed by atoms with E-state index in [4.69, 9.17) is 18.7 Å². The normalized spacial score (nSPS) is 26.2. The molecule has 0 saturated carbocycles. The number of hydrogen-bond acceptors (Lipinski definition) is 17. The van der Waals surface area contributed by atoms with Crippen LogP contribution in [0.5, 0.6) is 0 Å². The highest BCUT2D eigenvalue weighted by atomic mass is 31.3. The molecule has 0 aromatic carbocycles. The topological polar surface area (TPSA) is 277 Å². The second-order valence-electron chi connectivity index (χ2n) is 24.1. The molecule has 2 rings (SSSR count). The summed E-state index contributed by atoms with van der Waals surface area (Å²) in [7, 11) is -11.4. The van der Waals surface area contributed by atoms with Crippen molar-refractivity contribution in [3.8, 4) is 0 Å². The van der Waals surface area contributed by atoms with Gasteiger partial charge in [-0.05, 0) is 212 Å². The number of aliphatic hydroxyl groups is 7. The van der Waals surface area contributed by atoms with Gasteiger partial charge in [0.1, 0.15) is 48.8 Å². The molecule has 2 saturated heterocycles. The molecule has 2 heterocycles. The summed E-state index contributed by atoms with van der Waals surface area (Å²) in [6.45, 7) is 23.8. The first kappa shape index (κ1) is 79.1. The quantitative estimate of drug-likeness (QED) is 0.0221. The van der Waals surface area contributed by atoms with Gasteiger partial charge in [-0.2, -0.15) is 0 Å². The van der Waals surface area contributed by atoms with E-state index >= 15 is 0 Å². The zero-order valence-corrected chi connectivity index (χ0v) is 55.8. The number of phosphoric ester groups is 2. The molecule has 2 unspecified atom stereocenters. The highest BCUT2D eigenvalue weighted by Gasteiger charge is 2.51. The largest absolute Gasteiger partial charge is 0.756 e. The van der Waals surface area contributed by atoms with Crippen molar-refractivity contribution in [1.82, 2.24) is 0 Å². The number of ether oxygens (including phenoxy) is 3. The van der Waals surface area contributed by atoms with Crippen LogP contribution in [0.4, 0.5) is 0 Å². The van der Waals surface area contributed by atoms with Crippen LogP contribution in [0.1, 0.15) is 212 Å². The van der Waals surface area contributed by atoms with E-state index in [1.807, 2.05) is 0 Å². The first-order valence-electron chi connectivity index (χ1n) is 31.0. The zero-order chi connectivity index (χ0) is 64.4. The van der Waals surface area contributed by atoms with Gasteiger partial charge >= 0.3 is 0 Å². The van der Waals surface area contributed by atoms with Crippen molar-refractivity contribution < 1.29 is 82.2 Å². The number of rotatable bonds is 41. The summed E-state index contributed by atoms with van der Waals surface area (Å²) in [5, 5.41) is 71.0. The third kappa shape index (κ3) is 34.3. The summed E-state index contributed by atoms with van der Waals surface area (Å²) in [6, 6.07) is 0. The van der Waals surface area contributed by atoms with Crippen molar-refractivity contribution in [1.29, 1.82) is 0 Å². The van der Waals surface area contributed by atoms with Crippen molar-refractivity contribution in [3.63, 3.8) is 0 Å². The highest BCUT2D eigenvalue weighted by molar-refractivity contribution is 7.59. The van der Waals surface area contributed by atoms with Gasteiger partial charge in [0.05, 0.1) is 19.8 Å². The van der Waals surface area contributed by atoms with E-state index in [2.05, 4.69) is 146 Å². The smallest absolute Gasteiger partial charge is 0.276 e. The fraction of sp³-hybridized carbons (Fsp3) is 0.672. The van der Waals surface area contributed by atoms with Crippen molar-refractivity contribution in [2.45, 2.75) is 273 Å². The van der Waals surface area contributed by atoms with Crippen LogP contribution in [-0.4, -0.2) is 117 Å². The van der Waals surface area contributed by atoms with E-state index in [9.17, 15) is 54.7 Å². The Bertz CT molecular complexity index is 2450. The van der Waals surface area contributed by atoms with Crippen LogP contribution in [0.3, 0.4) is 0 Å². The maximum atomic E-state index is 12.6. The van der Waals surface area contributed by atoms with E-state index in [1.165, 1.54) is 61.8 Å². The molecule has 492 valence electrons. The lowest BCUT2D eigenvalue weighted by molar-refractivity contribution is -0.357. The molecule has 17 nitrogen and oxygen atoms in total. The molecule has 0 aromatic rings. The second kappa shape index (κ2) is 42.9. The van der Waals surface area contributed by atoms with E-state index < -0.39 is 96.9 Å². The van der Waals surface area contributed by atoms with Gasteiger partial charge in [-0.1, -0.05) is 128 Å². The molecule has 0 aliphatic carbocycles. The summed E-state index contributed by atoms with van der Waals surface area (Å²) < 4.78 is 54.4. The molecule has 7 N–H and O–H groups in total. The van der Waals surface area contributed by atoms with Crippen LogP contribution in [-0.2, 0) is 36.7 Å². The van der Waals surface area contributed by atoms with Gasteiger partial charge in [0.15, 0.2) is 12.6 Å². The summed E-state index contributed by atoms with van der Waals surface area (Å²) in [6.07, 6.45) is 26.9. The van der Waals surface area contributed by atoms with Crippen molar-refractivity contribution in [2.75, 3.05) is 19.8 Å². The molecule has 19 heteroatoms. The number of phosphoric acid groups is 2. The monoisotopic (exact) mass is 1250 g/mol. The average molecular weight is 1250 g/mol. The Kier molecular flexibility index (Phi) is 39.4. The standard InChI is InChI=1S/C67H112O17P2/c1-47(2)23-13-24-48(3)25-14-26-49(4)27-15-28-50(5)29-16-30-51(6)31-17-32-52(7)33-18-34-53(8)35-19-36-54(9)37-20-38-55(10)39-21-40-56(11)41-22-42-57(12)43-44-79-85(75,76)84-86(77,78)83-67-64(74)62(72)65(59(46-69)81-67)82-66-63(73)61(71)60(70)58(45-68)80-66/h23,25,27,29,31,33,35,37,39,41,43,58-74H,13-22,24,26,28,30,32,34,36,38,40,42,44-46H2,1-12H3,(H,75,76)(H,77,78)/p-2/b48-25+,49-27+,50-29-,51-31-,52-33-,53-35-,54-37-,55-39-,56-41-,57-43-/t58-,59-,60-,61+,62-,63-,64-,65-,66+,67-/m1/s1. The van der Waals surface area contributed by atoms with Gasteiger partial charge in [-0.15, -0.1) is 0 Å². The Morgan fingerprint density at radius 3 is 0.988 bits per heavy atom. The summed E-state index contributed by atoms with van der Waals surface area (Å²) in [5.74, 6) is 0. The molecule has 2 fully saturated rings. The van der Waals surface area contributed by atoms with E-state index in [0.29, 0.717) is 12.8 Å². The lowest BCUT2D eigenvalue weighted by Gasteiger charge is -2.46. The molecule has 0 aromatic heterocycles. The molecule has 2 aliphatic heterocycles. The number of hydrogen-bond donors (Lipinski definition) is 7. The zero-order valence-electron chi connectivity index (χ0n) is 54.0. The molecule has 12 atom stereocenters. The van der Waals surface area contributed by atoms with Crippen LogP contribution in [0, 0.1) is 0 Å². The minimum Gasteiger partial charge on any atom is -0.756 e. The number of aliphatic hydroxyl groups excluding tert-OH is 7. The van der Waals surface area contributed by atoms with Crippen molar-refractivity contribution in [2.24, 2.45) is 0 Å². The SMILES string of the molecule is CC(C)=CCC/C(C)=C/CC/C(C)=C/CC/C(C)=C\CC/C(C)=C\CC/C(C)=C\CC/C(C)=C\CC/C(C)=C\CC/C(C)=C\CC/C(C)=C\CC/C(C)=C\COP(=O)([O-])OP(=O)([O-])O[C@H]1O[C@H](CO)[C@@H](O[C@@H]2O[C@H](CO)[C@@H](O)[C@H](O)[C@H]2O)[C@H](O)[C@H]1O. The molecule has 0 bridgehead atoms. The Labute approximate surface area is 516 Å². The predicted molar refractivity (Wildman–Crippen MR) is 339 cm³/mol. The Morgan fingerprint density at radius 1 is 0.384 bits per heavy atom.